The molecule has 0 N–H and O–H groups in total. The molecule has 0 aliphatic carbocycles. The molecule has 1 aromatic rings. The molecule has 0 saturated heterocycles. The lowest BCUT2D eigenvalue weighted by atomic mass is 10.1. The second-order valence-electron chi connectivity index (χ2n) is 2.74. The Morgan fingerprint density at radius 2 is 1.75 bits per heavy atom. The van der Waals surface area contributed by atoms with Crippen molar-refractivity contribution in [1.29, 1.82) is 5.26 Å². The van der Waals surface area contributed by atoms with Gasteiger partial charge in [0.05, 0.1) is 0 Å². The maximum atomic E-state index is 8.69. The van der Waals surface area contributed by atoms with E-state index in [1.54, 1.807) is 0 Å². The topological polar surface area (TPSA) is 36.7 Å². The normalized spacial score (nSPS) is 9.58. The number of rotatable bonds is 0. The van der Waals surface area contributed by atoms with E-state index in [-0.39, 0.29) is 0 Å². The zero-order valence-electron chi connectivity index (χ0n) is 7.27. The van der Waals surface area contributed by atoms with Crippen molar-refractivity contribution >= 4 is 11.6 Å². The fourth-order valence-electron chi connectivity index (χ4n) is 0.988. The molecule has 0 aromatic carbocycles. The molecule has 0 atom stereocenters. The highest BCUT2D eigenvalue weighted by Gasteiger charge is 2.08. The van der Waals surface area contributed by atoms with Crippen LogP contribution in [-0.4, -0.2) is 4.98 Å². The van der Waals surface area contributed by atoms with Crippen LogP contribution in [0.15, 0.2) is 0 Å². The van der Waals surface area contributed by atoms with E-state index in [0.717, 1.165) is 16.7 Å². The summed E-state index contributed by atoms with van der Waals surface area (Å²) in [6, 6.07) is 2.01. The van der Waals surface area contributed by atoms with E-state index in [0.29, 0.717) is 10.8 Å². The second kappa shape index (κ2) is 3.12. The largest absolute Gasteiger partial charge is 0.225 e. The molecule has 0 saturated carbocycles. The van der Waals surface area contributed by atoms with Gasteiger partial charge >= 0.3 is 0 Å². The van der Waals surface area contributed by atoms with Crippen LogP contribution in [0.1, 0.15) is 22.4 Å². The lowest BCUT2D eigenvalue weighted by Crippen LogP contribution is -1.96. The molecule has 0 aliphatic rings. The van der Waals surface area contributed by atoms with Crippen molar-refractivity contribution in [3.8, 4) is 6.07 Å². The minimum Gasteiger partial charge on any atom is -0.225 e. The van der Waals surface area contributed by atoms with Crippen LogP contribution in [0.5, 0.6) is 0 Å². The van der Waals surface area contributed by atoms with Crippen molar-refractivity contribution in [2.24, 2.45) is 0 Å². The van der Waals surface area contributed by atoms with Gasteiger partial charge in [-0.1, -0.05) is 11.6 Å². The SMILES string of the molecule is Cc1c(Cl)nc(C#N)c(C)c1C. The van der Waals surface area contributed by atoms with Crippen molar-refractivity contribution in [3.63, 3.8) is 0 Å². The summed E-state index contributed by atoms with van der Waals surface area (Å²) in [5.74, 6) is 0. The maximum absolute atomic E-state index is 8.69. The monoisotopic (exact) mass is 180 g/mol. The van der Waals surface area contributed by atoms with Gasteiger partial charge in [-0.15, -0.1) is 0 Å². The zero-order chi connectivity index (χ0) is 9.30. The van der Waals surface area contributed by atoms with Crippen molar-refractivity contribution in [3.05, 3.63) is 27.5 Å². The summed E-state index contributed by atoms with van der Waals surface area (Å²) in [5, 5.41) is 9.11. The summed E-state index contributed by atoms with van der Waals surface area (Å²) >= 11 is 5.81. The quantitative estimate of drug-likeness (QED) is 0.576. The Morgan fingerprint density at radius 3 is 2.25 bits per heavy atom. The standard InChI is InChI=1S/C9H9ClN2/c1-5-6(2)8(4-11)12-9(10)7(5)3/h1-3H3. The summed E-state index contributed by atoms with van der Waals surface area (Å²) in [4.78, 5) is 3.96. The zero-order valence-corrected chi connectivity index (χ0v) is 8.03. The first kappa shape index (κ1) is 9.02. The third-order valence-corrected chi connectivity index (χ3v) is 2.47. The van der Waals surface area contributed by atoms with E-state index in [9.17, 15) is 0 Å². The molecule has 0 fully saturated rings. The van der Waals surface area contributed by atoms with E-state index in [1.165, 1.54) is 0 Å². The van der Waals surface area contributed by atoms with Gasteiger partial charge in [0.25, 0.3) is 0 Å². The van der Waals surface area contributed by atoms with Gasteiger partial charge < -0.3 is 0 Å². The molecule has 0 radical (unpaired) electrons. The molecular formula is C9H9ClN2. The highest BCUT2D eigenvalue weighted by atomic mass is 35.5. The third-order valence-electron chi connectivity index (χ3n) is 2.11. The number of halogens is 1. The summed E-state index contributed by atoms with van der Waals surface area (Å²) in [6.07, 6.45) is 0. The van der Waals surface area contributed by atoms with E-state index in [1.807, 2.05) is 26.8 Å². The average Bonchev–Trinajstić information content (AvgIpc) is 2.08. The van der Waals surface area contributed by atoms with Gasteiger partial charge in [0, 0.05) is 0 Å². The van der Waals surface area contributed by atoms with Crippen molar-refractivity contribution in [2.75, 3.05) is 0 Å². The van der Waals surface area contributed by atoms with Gasteiger partial charge in [-0.2, -0.15) is 5.26 Å². The van der Waals surface area contributed by atoms with Gasteiger partial charge in [-0.3, -0.25) is 0 Å². The van der Waals surface area contributed by atoms with Crippen molar-refractivity contribution in [1.82, 2.24) is 4.98 Å². The molecule has 1 aromatic heterocycles. The van der Waals surface area contributed by atoms with Crippen LogP contribution in [0.4, 0.5) is 0 Å². The Morgan fingerprint density at radius 1 is 1.17 bits per heavy atom. The van der Waals surface area contributed by atoms with Crippen LogP contribution in [0.3, 0.4) is 0 Å². The smallest absolute Gasteiger partial charge is 0.145 e. The number of hydrogen-bond donors (Lipinski definition) is 0. The highest BCUT2D eigenvalue weighted by Crippen LogP contribution is 2.21. The molecule has 0 unspecified atom stereocenters. The fourth-order valence-corrected chi connectivity index (χ4v) is 1.21. The number of pyridine rings is 1. The molecule has 62 valence electrons. The molecule has 0 bridgehead atoms. The van der Waals surface area contributed by atoms with Crippen LogP contribution in [0.25, 0.3) is 0 Å². The molecule has 0 amide bonds. The molecule has 0 aliphatic heterocycles. The summed E-state index contributed by atoms with van der Waals surface area (Å²) in [7, 11) is 0. The molecule has 1 heterocycles. The number of aromatic nitrogens is 1. The Balaban J connectivity index is 3.52. The Labute approximate surface area is 76.8 Å². The van der Waals surface area contributed by atoms with Gasteiger partial charge in [-0.25, -0.2) is 4.98 Å². The molecule has 0 spiro atoms. The summed E-state index contributed by atoms with van der Waals surface area (Å²) in [5.41, 5.74) is 3.34. The number of hydrogen-bond acceptors (Lipinski definition) is 2. The minimum absolute atomic E-state index is 0.420. The summed E-state index contributed by atoms with van der Waals surface area (Å²) in [6.45, 7) is 5.72. The first-order valence-electron chi connectivity index (χ1n) is 3.61. The number of nitrogens with zero attached hydrogens (tertiary/aromatic N) is 2. The Hall–Kier alpha value is -1.07. The Bertz CT molecular complexity index is 364. The molecule has 1 rings (SSSR count). The maximum Gasteiger partial charge on any atom is 0.145 e. The third kappa shape index (κ3) is 1.28. The lowest BCUT2D eigenvalue weighted by Gasteiger charge is -2.06. The predicted octanol–water partition coefficient (Wildman–Crippen LogP) is 2.53. The minimum atomic E-state index is 0.420. The molecule has 12 heavy (non-hydrogen) atoms. The fraction of sp³-hybridized carbons (Fsp3) is 0.333. The second-order valence-corrected chi connectivity index (χ2v) is 3.10. The van der Waals surface area contributed by atoms with Crippen LogP contribution in [0, 0.1) is 32.1 Å². The lowest BCUT2D eigenvalue weighted by molar-refractivity contribution is 1.13. The first-order chi connectivity index (χ1) is 5.57. The highest BCUT2D eigenvalue weighted by molar-refractivity contribution is 6.30. The average molecular weight is 181 g/mol. The van der Waals surface area contributed by atoms with Crippen LogP contribution < -0.4 is 0 Å². The predicted molar refractivity (Wildman–Crippen MR) is 48.2 cm³/mol. The first-order valence-corrected chi connectivity index (χ1v) is 3.99. The van der Waals surface area contributed by atoms with Crippen molar-refractivity contribution < 1.29 is 0 Å². The van der Waals surface area contributed by atoms with Gasteiger partial charge in [-0.05, 0) is 37.5 Å². The van der Waals surface area contributed by atoms with Crippen LogP contribution >= 0.6 is 11.6 Å². The van der Waals surface area contributed by atoms with Crippen LogP contribution in [-0.2, 0) is 0 Å². The van der Waals surface area contributed by atoms with Gasteiger partial charge in [0.1, 0.15) is 16.9 Å². The van der Waals surface area contributed by atoms with E-state index < -0.39 is 0 Å². The molecular weight excluding hydrogens is 172 g/mol. The van der Waals surface area contributed by atoms with Gasteiger partial charge in [0.15, 0.2) is 0 Å². The van der Waals surface area contributed by atoms with Crippen LogP contribution in [0.2, 0.25) is 5.15 Å². The summed E-state index contributed by atoms with van der Waals surface area (Å²) < 4.78 is 0. The van der Waals surface area contributed by atoms with Crippen molar-refractivity contribution in [2.45, 2.75) is 20.8 Å². The molecule has 3 heteroatoms. The van der Waals surface area contributed by atoms with E-state index in [2.05, 4.69) is 4.98 Å². The van der Waals surface area contributed by atoms with Gasteiger partial charge in [0.2, 0.25) is 0 Å². The number of nitriles is 1. The van der Waals surface area contributed by atoms with E-state index in [4.69, 9.17) is 16.9 Å². The Kier molecular flexibility index (Phi) is 2.35. The molecule has 2 nitrogen and oxygen atoms in total. The van der Waals surface area contributed by atoms with E-state index >= 15 is 0 Å².